The molecule has 0 saturated carbocycles. The van der Waals surface area contributed by atoms with Crippen molar-refractivity contribution in [1.82, 2.24) is 0 Å². The number of amides is 1. The average Bonchev–Trinajstić information content (AvgIpc) is 2.77. The van der Waals surface area contributed by atoms with Crippen LogP contribution in [0.15, 0.2) is 76.1 Å². The lowest BCUT2D eigenvalue weighted by Gasteiger charge is -2.10. The molecule has 4 rings (SSSR count). The molecule has 0 saturated heterocycles. The van der Waals surface area contributed by atoms with E-state index in [0.29, 0.717) is 33.2 Å². The minimum atomic E-state index is -0.419. The van der Waals surface area contributed by atoms with Gasteiger partial charge in [0.2, 0.25) is 11.2 Å². The fourth-order valence-electron chi connectivity index (χ4n) is 2.99. The van der Waals surface area contributed by atoms with E-state index in [1.54, 1.807) is 36.4 Å². The first-order valence-electron chi connectivity index (χ1n) is 9.57. The summed E-state index contributed by atoms with van der Waals surface area (Å²) in [5.41, 5.74) is 1.39. The summed E-state index contributed by atoms with van der Waals surface area (Å²) in [5.74, 6) is 0.565. The zero-order chi connectivity index (χ0) is 22.7. The summed E-state index contributed by atoms with van der Waals surface area (Å²) >= 11 is 12.0. The molecule has 8 heteroatoms. The number of ether oxygens (including phenoxy) is 2. The third-order valence-electron chi connectivity index (χ3n) is 4.53. The predicted octanol–water partition coefficient (Wildman–Crippen LogP) is 6.22. The number of anilines is 1. The Balaban J connectivity index is 1.46. The summed E-state index contributed by atoms with van der Waals surface area (Å²) < 4.78 is 16.7. The van der Waals surface area contributed by atoms with Crippen LogP contribution < -0.4 is 20.2 Å². The second-order valence-electron chi connectivity index (χ2n) is 6.94. The van der Waals surface area contributed by atoms with Gasteiger partial charge in [-0.05, 0) is 48.9 Å². The molecule has 6 nitrogen and oxygen atoms in total. The Labute approximate surface area is 193 Å². The maximum atomic E-state index is 12.7. The minimum absolute atomic E-state index is 0.0783. The standard InChI is InChI=1S/C24H17Cl2NO5/c1-14-4-2-5-16(10-14)32-21-12-31-20-11-15(8-9-17(20)24(21)29)30-13-22(28)27-19-7-3-6-18(25)23(19)26/h2-12H,13H2,1H3,(H,27,28). The van der Waals surface area contributed by atoms with Gasteiger partial charge in [0.1, 0.15) is 23.3 Å². The molecule has 1 amide bonds. The molecule has 0 fully saturated rings. The molecule has 0 atom stereocenters. The second-order valence-corrected chi connectivity index (χ2v) is 7.73. The molecule has 0 unspecified atom stereocenters. The molecule has 1 heterocycles. The Hall–Kier alpha value is -3.48. The molecule has 0 bridgehead atoms. The van der Waals surface area contributed by atoms with Crippen LogP contribution >= 0.6 is 23.2 Å². The predicted molar refractivity (Wildman–Crippen MR) is 124 cm³/mol. The number of nitrogens with one attached hydrogen (secondary N) is 1. The minimum Gasteiger partial charge on any atom is -0.484 e. The highest BCUT2D eigenvalue weighted by atomic mass is 35.5. The SMILES string of the molecule is Cc1cccc(Oc2coc3cc(OCC(=O)Nc4cccc(Cl)c4Cl)ccc3c2=O)c1. The summed E-state index contributed by atoms with van der Waals surface area (Å²) in [6.07, 6.45) is 1.25. The van der Waals surface area contributed by atoms with Gasteiger partial charge in [0.25, 0.3) is 5.91 Å². The van der Waals surface area contributed by atoms with Crippen molar-refractivity contribution in [2.24, 2.45) is 0 Å². The number of hydrogen-bond acceptors (Lipinski definition) is 5. The first-order valence-corrected chi connectivity index (χ1v) is 10.3. The Morgan fingerprint density at radius 1 is 1.03 bits per heavy atom. The van der Waals surface area contributed by atoms with Crippen LogP contribution in [0, 0.1) is 6.92 Å². The Bertz CT molecular complexity index is 1370. The van der Waals surface area contributed by atoms with E-state index < -0.39 is 5.91 Å². The quantitative estimate of drug-likeness (QED) is 0.362. The van der Waals surface area contributed by atoms with Crippen molar-refractivity contribution in [3.8, 4) is 17.2 Å². The van der Waals surface area contributed by atoms with Crippen LogP contribution in [0.5, 0.6) is 17.2 Å². The van der Waals surface area contributed by atoms with Gasteiger partial charge in [-0.25, -0.2) is 0 Å². The maximum Gasteiger partial charge on any atom is 0.262 e. The van der Waals surface area contributed by atoms with Crippen molar-refractivity contribution in [2.75, 3.05) is 11.9 Å². The average molecular weight is 470 g/mol. The van der Waals surface area contributed by atoms with E-state index in [9.17, 15) is 9.59 Å². The summed E-state index contributed by atoms with van der Waals surface area (Å²) in [6.45, 7) is 1.66. The fourth-order valence-corrected chi connectivity index (χ4v) is 3.34. The van der Waals surface area contributed by atoms with Gasteiger partial charge in [-0.1, -0.05) is 41.4 Å². The maximum absolute atomic E-state index is 12.7. The molecular weight excluding hydrogens is 453 g/mol. The van der Waals surface area contributed by atoms with E-state index in [1.807, 2.05) is 25.1 Å². The molecule has 1 aromatic heterocycles. The van der Waals surface area contributed by atoms with Crippen molar-refractivity contribution in [2.45, 2.75) is 6.92 Å². The topological polar surface area (TPSA) is 77.8 Å². The second kappa shape index (κ2) is 9.34. The molecule has 0 radical (unpaired) electrons. The Morgan fingerprint density at radius 2 is 1.84 bits per heavy atom. The lowest BCUT2D eigenvalue weighted by molar-refractivity contribution is -0.118. The molecule has 0 spiro atoms. The van der Waals surface area contributed by atoms with Gasteiger partial charge >= 0.3 is 0 Å². The number of fused-ring (bicyclic) bond motifs is 1. The first kappa shape index (κ1) is 21.7. The van der Waals surface area contributed by atoms with Gasteiger partial charge in [-0.3, -0.25) is 9.59 Å². The van der Waals surface area contributed by atoms with Crippen LogP contribution in [0.4, 0.5) is 5.69 Å². The lowest BCUT2D eigenvalue weighted by Crippen LogP contribution is -2.20. The zero-order valence-corrected chi connectivity index (χ0v) is 18.4. The molecular formula is C24H17Cl2NO5. The number of aryl methyl sites for hydroxylation is 1. The smallest absolute Gasteiger partial charge is 0.262 e. The normalized spacial score (nSPS) is 10.7. The largest absolute Gasteiger partial charge is 0.484 e. The van der Waals surface area contributed by atoms with Crippen LogP contribution in [0.1, 0.15) is 5.56 Å². The highest BCUT2D eigenvalue weighted by molar-refractivity contribution is 6.44. The molecule has 1 N–H and O–H groups in total. The number of benzene rings is 3. The van der Waals surface area contributed by atoms with E-state index in [0.717, 1.165) is 5.56 Å². The van der Waals surface area contributed by atoms with Crippen LogP contribution in [0.3, 0.4) is 0 Å². The van der Waals surface area contributed by atoms with Crippen molar-refractivity contribution in [1.29, 1.82) is 0 Å². The van der Waals surface area contributed by atoms with E-state index in [2.05, 4.69) is 5.32 Å². The summed E-state index contributed by atoms with van der Waals surface area (Å²) in [5, 5.41) is 3.55. The highest BCUT2D eigenvalue weighted by Crippen LogP contribution is 2.29. The van der Waals surface area contributed by atoms with Crippen LogP contribution in [-0.2, 0) is 4.79 Å². The Morgan fingerprint density at radius 3 is 2.66 bits per heavy atom. The van der Waals surface area contributed by atoms with Gasteiger partial charge in [0, 0.05) is 6.07 Å². The fraction of sp³-hybridized carbons (Fsp3) is 0.0833. The van der Waals surface area contributed by atoms with Gasteiger partial charge < -0.3 is 19.2 Å². The monoisotopic (exact) mass is 469 g/mol. The van der Waals surface area contributed by atoms with Gasteiger partial charge in [0.05, 0.1) is 21.1 Å². The molecule has 162 valence electrons. The molecule has 32 heavy (non-hydrogen) atoms. The molecule has 0 aliphatic carbocycles. The summed E-state index contributed by atoms with van der Waals surface area (Å²) in [4.78, 5) is 24.9. The van der Waals surface area contributed by atoms with Crippen LogP contribution in [0.2, 0.25) is 10.0 Å². The van der Waals surface area contributed by atoms with Crippen LogP contribution in [-0.4, -0.2) is 12.5 Å². The molecule has 0 aliphatic heterocycles. The van der Waals surface area contributed by atoms with E-state index in [1.165, 1.54) is 12.3 Å². The van der Waals surface area contributed by atoms with Crippen molar-refractivity contribution in [3.63, 3.8) is 0 Å². The number of carbonyl (C=O) groups is 1. The van der Waals surface area contributed by atoms with Crippen molar-refractivity contribution in [3.05, 3.63) is 92.8 Å². The number of halogens is 2. The number of hydrogen-bond donors (Lipinski definition) is 1. The number of carbonyl (C=O) groups excluding carboxylic acids is 1. The third kappa shape index (κ3) is 4.88. The third-order valence-corrected chi connectivity index (χ3v) is 5.35. The lowest BCUT2D eigenvalue weighted by atomic mass is 10.2. The van der Waals surface area contributed by atoms with Gasteiger partial charge in [-0.2, -0.15) is 0 Å². The van der Waals surface area contributed by atoms with E-state index >= 15 is 0 Å². The van der Waals surface area contributed by atoms with Crippen molar-refractivity contribution >= 4 is 45.8 Å². The van der Waals surface area contributed by atoms with Gasteiger partial charge in [0.15, 0.2) is 6.61 Å². The van der Waals surface area contributed by atoms with E-state index in [4.69, 9.17) is 37.1 Å². The number of rotatable bonds is 6. The Kier molecular flexibility index (Phi) is 6.35. The molecule has 4 aromatic rings. The van der Waals surface area contributed by atoms with E-state index in [-0.39, 0.29) is 22.8 Å². The molecule has 0 aliphatic rings. The summed E-state index contributed by atoms with van der Waals surface area (Å²) in [6, 6.07) is 17.0. The van der Waals surface area contributed by atoms with Crippen LogP contribution in [0.25, 0.3) is 11.0 Å². The first-order chi connectivity index (χ1) is 15.4. The highest BCUT2D eigenvalue weighted by Gasteiger charge is 2.12. The van der Waals surface area contributed by atoms with Gasteiger partial charge in [-0.15, -0.1) is 0 Å². The van der Waals surface area contributed by atoms with Crippen molar-refractivity contribution < 1.29 is 18.7 Å². The zero-order valence-electron chi connectivity index (χ0n) is 16.9. The molecule has 3 aromatic carbocycles. The summed E-state index contributed by atoms with van der Waals surface area (Å²) in [7, 11) is 0.